The average molecular weight is 459 g/mol. The van der Waals surface area contributed by atoms with Crippen LogP contribution in [0.1, 0.15) is 40.0 Å². The first kappa shape index (κ1) is 27.3. The Labute approximate surface area is 185 Å². The summed E-state index contributed by atoms with van der Waals surface area (Å²) in [4.78, 5) is 49.5. The molecule has 0 amide bonds. The van der Waals surface area contributed by atoms with E-state index in [1.807, 2.05) is 0 Å². The van der Waals surface area contributed by atoms with E-state index >= 15 is 0 Å². The van der Waals surface area contributed by atoms with E-state index in [2.05, 4.69) is 10.0 Å². The van der Waals surface area contributed by atoms with Crippen LogP contribution in [0.3, 0.4) is 0 Å². The van der Waals surface area contributed by atoms with E-state index in [0.717, 1.165) is 13.8 Å². The number of methoxy groups -OCH3 is 1. The van der Waals surface area contributed by atoms with Gasteiger partial charge in [-0.1, -0.05) is 5.11 Å². The highest BCUT2D eigenvalue weighted by Gasteiger charge is 2.52. The van der Waals surface area contributed by atoms with Crippen molar-refractivity contribution in [2.24, 2.45) is 5.11 Å². The fourth-order valence-corrected chi connectivity index (χ4v) is 2.96. The number of ether oxygens (including phenoxy) is 6. The van der Waals surface area contributed by atoms with Crippen molar-refractivity contribution in [3.8, 4) is 0 Å². The average Bonchev–Trinajstić information content (AvgIpc) is 2.71. The van der Waals surface area contributed by atoms with Gasteiger partial charge < -0.3 is 33.2 Å². The van der Waals surface area contributed by atoms with Crippen LogP contribution in [0.4, 0.5) is 0 Å². The minimum atomic E-state index is -1.24. The second-order valence-electron chi connectivity index (χ2n) is 6.97. The minimum Gasteiger partial charge on any atom is -0.455 e. The van der Waals surface area contributed by atoms with Gasteiger partial charge >= 0.3 is 17.9 Å². The third-order valence-corrected chi connectivity index (χ3v) is 4.27. The van der Waals surface area contributed by atoms with Crippen LogP contribution in [0, 0.1) is 0 Å². The summed E-state index contributed by atoms with van der Waals surface area (Å²) < 4.78 is 32.6. The van der Waals surface area contributed by atoms with Gasteiger partial charge in [0.25, 0.3) is 0 Å². The number of nitrogens with zero attached hydrogens (tertiary/aromatic N) is 3. The largest absolute Gasteiger partial charge is 0.455 e. The van der Waals surface area contributed by atoms with E-state index in [-0.39, 0.29) is 38.4 Å². The summed E-state index contributed by atoms with van der Waals surface area (Å²) in [7, 11) is 1.31. The van der Waals surface area contributed by atoms with Crippen LogP contribution in [0.25, 0.3) is 10.4 Å². The quantitative estimate of drug-likeness (QED) is 0.0973. The molecule has 13 nitrogen and oxygen atoms in total. The molecule has 1 saturated heterocycles. The molecule has 0 aliphatic carbocycles. The van der Waals surface area contributed by atoms with Gasteiger partial charge in [-0.25, -0.2) is 0 Å². The maximum Gasteiger partial charge on any atom is 0.306 e. The molecule has 0 N–H and O–H groups in total. The number of ketones is 1. The van der Waals surface area contributed by atoms with E-state index in [0.29, 0.717) is 6.42 Å². The third-order valence-electron chi connectivity index (χ3n) is 4.27. The Hall–Kier alpha value is -2.73. The zero-order valence-corrected chi connectivity index (χ0v) is 18.6. The molecule has 0 aromatic heterocycles. The Morgan fingerprint density at radius 3 is 2.19 bits per heavy atom. The SMILES string of the molecule is CO[C@H]1O[C@H](COCCCN=[N+]=[N-])[C@@H](OC(=O)CCC(C)=O)[C@H](OC(C)=O)[C@H]1OC(C)=O. The molecule has 180 valence electrons. The van der Waals surface area contributed by atoms with E-state index in [1.165, 1.54) is 14.0 Å². The van der Waals surface area contributed by atoms with Crippen molar-refractivity contribution in [2.45, 2.75) is 70.7 Å². The maximum atomic E-state index is 12.3. The van der Waals surface area contributed by atoms with Crippen molar-refractivity contribution >= 4 is 23.7 Å². The number of azide groups is 1. The van der Waals surface area contributed by atoms with Gasteiger partial charge in [-0.2, -0.15) is 0 Å². The summed E-state index contributed by atoms with van der Waals surface area (Å²) in [5.41, 5.74) is 8.30. The molecular weight excluding hydrogens is 430 g/mol. The van der Waals surface area contributed by atoms with E-state index < -0.39 is 48.6 Å². The van der Waals surface area contributed by atoms with Gasteiger partial charge in [-0.3, -0.25) is 14.4 Å². The van der Waals surface area contributed by atoms with Crippen LogP contribution >= 0.6 is 0 Å². The monoisotopic (exact) mass is 459 g/mol. The Kier molecular flexibility index (Phi) is 12.2. The van der Waals surface area contributed by atoms with Crippen molar-refractivity contribution in [3.05, 3.63) is 10.4 Å². The Balaban J connectivity index is 3.07. The van der Waals surface area contributed by atoms with Gasteiger partial charge in [-0.05, 0) is 18.9 Å². The lowest BCUT2D eigenvalue weighted by atomic mass is 9.98. The normalized spacial score (nSPS) is 24.7. The lowest BCUT2D eigenvalue weighted by molar-refractivity contribution is -0.303. The smallest absolute Gasteiger partial charge is 0.306 e. The molecule has 1 rings (SSSR count). The first-order valence-electron chi connectivity index (χ1n) is 9.99. The molecule has 1 fully saturated rings. The standard InChI is InChI=1S/C19H29N3O10/c1-11(23)6-7-15(26)32-16-14(10-28-9-5-8-21-22-20)31-19(27-4)18(30-13(3)25)17(16)29-12(2)24/h14,16-19H,5-10H2,1-4H3/t14-,16-,17+,18-,19+/m1/s1. The van der Waals surface area contributed by atoms with Crippen LogP contribution < -0.4 is 0 Å². The second kappa shape index (κ2) is 14.4. The Bertz CT molecular complexity index is 709. The van der Waals surface area contributed by atoms with Gasteiger partial charge in [0.05, 0.1) is 13.0 Å². The molecule has 0 unspecified atom stereocenters. The first-order valence-corrected chi connectivity index (χ1v) is 9.99. The highest BCUT2D eigenvalue weighted by atomic mass is 16.7. The molecule has 13 heteroatoms. The molecule has 32 heavy (non-hydrogen) atoms. The van der Waals surface area contributed by atoms with Crippen molar-refractivity contribution in [1.82, 2.24) is 0 Å². The Morgan fingerprint density at radius 2 is 1.62 bits per heavy atom. The maximum absolute atomic E-state index is 12.3. The number of Topliss-reactive ketones (excluding diaryl/α,β-unsaturated/α-hetero) is 1. The first-order chi connectivity index (χ1) is 15.2. The summed E-state index contributed by atoms with van der Waals surface area (Å²) >= 11 is 0. The van der Waals surface area contributed by atoms with Crippen molar-refractivity contribution in [1.29, 1.82) is 0 Å². The number of hydrogen-bond donors (Lipinski definition) is 0. The molecule has 0 radical (unpaired) electrons. The fourth-order valence-electron chi connectivity index (χ4n) is 2.96. The predicted molar refractivity (Wildman–Crippen MR) is 106 cm³/mol. The highest BCUT2D eigenvalue weighted by Crippen LogP contribution is 2.29. The molecular formula is C19H29N3O10. The van der Waals surface area contributed by atoms with E-state index in [1.54, 1.807) is 0 Å². The van der Waals surface area contributed by atoms with Crippen LogP contribution in [-0.2, 0) is 47.6 Å². The third kappa shape index (κ3) is 9.60. The molecule has 0 aromatic carbocycles. The van der Waals surface area contributed by atoms with E-state index in [4.69, 9.17) is 34.0 Å². The molecule has 0 spiro atoms. The van der Waals surface area contributed by atoms with Gasteiger partial charge in [0.15, 0.2) is 24.6 Å². The molecule has 1 aliphatic rings. The topological polar surface area (TPSA) is 172 Å². The molecule has 0 bridgehead atoms. The fraction of sp³-hybridized carbons (Fsp3) is 0.789. The van der Waals surface area contributed by atoms with E-state index in [9.17, 15) is 19.2 Å². The van der Waals surface area contributed by atoms with Crippen LogP contribution in [0.5, 0.6) is 0 Å². The van der Waals surface area contributed by atoms with Crippen molar-refractivity contribution < 1.29 is 47.6 Å². The molecule has 1 heterocycles. The zero-order chi connectivity index (χ0) is 24.1. The van der Waals surface area contributed by atoms with Gasteiger partial charge in [0, 0.05) is 45.4 Å². The number of carbonyl (C=O) groups is 4. The summed E-state index contributed by atoms with van der Waals surface area (Å²) in [6, 6.07) is 0. The van der Waals surface area contributed by atoms with Crippen molar-refractivity contribution in [3.63, 3.8) is 0 Å². The summed E-state index contributed by atoms with van der Waals surface area (Å²) in [5, 5.41) is 3.40. The highest BCUT2D eigenvalue weighted by molar-refractivity contribution is 5.81. The predicted octanol–water partition coefficient (Wildman–Crippen LogP) is 1.22. The van der Waals surface area contributed by atoms with Crippen LogP contribution in [0.2, 0.25) is 0 Å². The molecule has 5 atom stereocenters. The number of esters is 3. The number of rotatable bonds is 13. The second-order valence-corrected chi connectivity index (χ2v) is 6.97. The van der Waals surface area contributed by atoms with Gasteiger partial charge in [0.1, 0.15) is 11.9 Å². The summed E-state index contributed by atoms with van der Waals surface area (Å²) in [6.07, 6.45) is -5.52. The lowest BCUT2D eigenvalue weighted by Crippen LogP contribution is -2.62. The van der Waals surface area contributed by atoms with Gasteiger partial charge in [-0.15, -0.1) is 0 Å². The number of carbonyl (C=O) groups excluding carboxylic acids is 4. The summed E-state index contributed by atoms with van der Waals surface area (Å²) in [5.74, 6) is -2.32. The molecule has 1 aliphatic heterocycles. The van der Waals surface area contributed by atoms with Gasteiger partial charge in [0.2, 0.25) is 0 Å². The zero-order valence-electron chi connectivity index (χ0n) is 18.6. The molecule has 0 aromatic rings. The lowest BCUT2D eigenvalue weighted by Gasteiger charge is -2.43. The van der Waals surface area contributed by atoms with Crippen LogP contribution in [0.15, 0.2) is 5.11 Å². The Morgan fingerprint density at radius 1 is 0.969 bits per heavy atom. The number of hydrogen-bond acceptors (Lipinski definition) is 11. The minimum absolute atomic E-state index is 0.0285. The molecule has 0 saturated carbocycles. The summed E-state index contributed by atoms with van der Waals surface area (Å²) in [6.45, 7) is 4.00. The van der Waals surface area contributed by atoms with Crippen LogP contribution in [-0.4, -0.2) is 81.3 Å². The van der Waals surface area contributed by atoms with Crippen molar-refractivity contribution in [2.75, 3.05) is 26.9 Å².